The number of aryl methyl sites for hydroxylation is 1. The van der Waals surface area contributed by atoms with E-state index < -0.39 is 24.5 Å². The van der Waals surface area contributed by atoms with Crippen LogP contribution in [-0.4, -0.2) is 31.6 Å². The molecule has 0 saturated carbocycles. The lowest BCUT2D eigenvalue weighted by Crippen LogP contribution is -2.21. The minimum Gasteiger partial charge on any atom is -0.465 e. The lowest BCUT2D eigenvalue weighted by Gasteiger charge is -2.11. The van der Waals surface area contributed by atoms with Crippen molar-refractivity contribution >= 4 is 23.5 Å². The van der Waals surface area contributed by atoms with Gasteiger partial charge in [-0.2, -0.15) is 0 Å². The van der Waals surface area contributed by atoms with Crippen molar-refractivity contribution in [1.29, 1.82) is 0 Å². The molecule has 0 heterocycles. The highest BCUT2D eigenvalue weighted by Crippen LogP contribution is 2.17. The van der Waals surface area contributed by atoms with Crippen LogP contribution in [0.25, 0.3) is 0 Å². The number of ether oxygens (including phenoxy) is 2. The van der Waals surface area contributed by atoms with E-state index in [0.717, 1.165) is 17.5 Å². The second-order valence-electron chi connectivity index (χ2n) is 6.94. The topological polar surface area (TPSA) is 81.7 Å². The lowest BCUT2D eigenvalue weighted by molar-refractivity contribution is -0.119. The van der Waals surface area contributed by atoms with Gasteiger partial charge in [0.05, 0.1) is 18.2 Å². The third kappa shape index (κ3) is 5.94. The number of hydrogen-bond donors (Lipinski definition) is 1. The van der Waals surface area contributed by atoms with Crippen molar-refractivity contribution in [3.05, 3.63) is 64.7 Å². The second kappa shape index (κ2) is 9.69. The van der Waals surface area contributed by atoms with Gasteiger partial charge in [0.2, 0.25) is 0 Å². The highest BCUT2D eigenvalue weighted by molar-refractivity contribution is 5.97. The minimum absolute atomic E-state index is 0.321. The largest absolute Gasteiger partial charge is 0.465 e. The van der Waals surface area contributed by atoms with E-state index in [4.69, 9.17) is 4.74 Å². The second-order valence-corrected chi connectivity index (χ2v) is 6.94. The summed E-state index contributed by atoms with van der Waals surface area (Å²) in [5.74, 6) is -1.02. The quantitative estimate of drug-likeness (QED) is 0.736. The van der Waals surface area contributed by atoms with Gasteiger partial charge in [0.25, 0.3) is 5.91 Å². The van der Waals surface area contributed by atoms with Crippen molar-refractivity contribution in [3.63, 3.8) is 0 Å². The summed E-state index contributed by atoms with van der Waals surface area (Å²) in [6, 6.07) is 12.0. The van der Waals surface area contributed by atoms with E-state index in [-0.39, 0.29) is 0 Å². The maximum absolute atomic E-state index is 12.1. The number of anilines is 1. The van der Waals surface area contributed by atoms with Gasteiger partial charge in [0.1, 0.15) is 0 Å². The molecule has 2 rings (SSSR count). The Morgan fingerprint density at radius 2 is 1.61 bits per heavy atom. The molecule has 2 aromatic carbocycles. The fourth-order valence-electron chi connectivity index (χ4n) is 2.65. The summed E-state index contributed by atoms with van der Waals surface area (Å²) >= 11 is 0. The van der Waals surface area contributed by atoms with Crippen molar-refractivity contribution in [2.75, 3.05) is 19.0 Å². The molecule has 0 spiro atoms. The first-order valence-corrected chi connectivity index (χ1v) is 9.05. The van der Waals surface area contributed by atoms with E-state index >= 15 is 0 Å². The Hall–Kier alpha value is -3.15. The molecule has 0 aliphatic carbocycles. The number of esters is 2. The molecule has 1 N–H and O–H groups in total. The van der Waals surface area contributed by atoms with E-state index in [1.165, 1.54) is 13.2 Å². The smallest absolute Gasteiger partial charge is 0.338 e. The average molecular weight is 383 g/mol. The number of methoxy groups -OCH3 is 1. The van der Waals surface area contributed by atoms with Gasteiger partial charge in [-0.15, -0.1) is 0 Å². The molecule has 2 aromatic rings. The molecule has 0 fully saturated rings. The van der Waals surface area contributed by atoms with Crippen LogP contribution in [0.5, 0.6) is 0 Å². The molecule has 1 amide bonds. The van der Waals surface area contributed by atoms with Crippen LogP contribution < -0.4 is 5.32 Å². The van der Waals surface area contributed by atoms with Gasteiger partial charge in [0, 0.05) is 5.69 Å². The number of carbonyl (C=O) groups excluding carboxylic acids is 3. The Morgan fingerprint density at radius 1 is 0.964 bits per heavy atom. The standard InChI is InChI=1S/C22H25NO5/c1-14(2)11-16-6-9-17(10-7-16)22(26)28-13-20(24)23-19-12-18(21(25)27-4)8-5-15(19)3/h5-10,12,14H,11,13H2,1-4H3,(H,23,24). The monoisotopic (exact) mass is 383 g/mol. The first kappa shape index (κ1) is 21.2. The zero-order valence-corrected chi connectivity index (χ0v) is 16.6. The SMILES string of the molecule is COC(=O)c1ccc(C)c(NC(=O)COC(=O)c2ccc(CC(C)C)cc2)c1. The molecule has 0 aromatic heterocycles. The first-order valence-electron chi connectivity index (χ1n) is 9.05. The van der Waals surface area contributed by atoms with E-state index in [2.05, 4.69) is 23.9 Å². The Bertz CT molecular complexity index is 856. The van der Waals surface area contributed by atoms with Gasteiger partial charge in [-0.25, -0.2) is 9.59 Å². The zero-order valence-electron chi connectivity index (χ0n) is 16.6. The Kier molecular flexibility index (Phi) is 7.32. The third-order valence-corrected chi connectivity index (χ3v) is 4.10. The summed E-state index contributed by atoms with van der Waals surface area (Å²) in [5.41, 5.74) is 3.09. The van der Waals surface area contributed by atoms with Gasteiger partial charge < -0.3 is 14.8 Å². The maximum Gasteiger partial charge on any atom is 0.338 e. The molecule has 6 nitrogen and oxygen atoms in total. The maximum atomic E-state index is 12.1. The number of nitrogens with one attached hydrogen (secondary N) is 1. The van der Waals surface area contributed by atoms with Crippen molar-refractivity contribution < 1.29 is 23.9 Å². The number of benzene rings is 2. The van der Waals surface area contributed by atoms with Gasteiger partial charge in [-0.1, -0.05) is 32.0 Å². The molecule has 0 radical (unpaired) electrons. The van der Waals surface area contributed by atoms with Gasteiger partial charge >= 0.3 is 11.9 Å². The van der Waals surface area contributed by atoms with Crippen molar-refractivity contribution in [1.82, 2.24) is 0 Å². The van der Waals surface area contributed by atoms with Crippen LogP contribution in [0.15, 0.2) is 42.5 Å². The molecule has 28 heavy (non-hydrogen) atoms. The van der Waals surface area contributed by atoms with Gasteiger partial charge in [0.15, 0.2) is 6.61 Å². The summed E-state index contributed by atoms with van der Waals surface area (Å²) in [7, 11) is 1.29. The molecule has 0 saturated heterocycles. The molecule has 0 atom stereocenters. The van der Waals surface area contributed by atoms with E-state index in [9.17, 15) is 14.4 Å². The number of rotatable bonds is 7. The predicted molar refractivity (Wildman–Crippen MR) is 106 cm³/mol. The highest BCUT2D eigenvalue weighted by atomic mass is 16.5. The summed E-state index contributed by atoms with van der Waals surface area (Å²) in [6.45, 7) is 5.63. The summed E-state index contributed by atoms with van der Waals surface area (Å²) in [5, 5.41) is 2.64. The fraction of sp³-hybridized carbons (Fsp3) is 0.318. The van der Waals surface area contributed by atoms with Crippen LogP contribution in [0.4, 0.5) is 5.69 Å². The molecular formula is C22H25NO5. The van der Waals surface area contributed by atoms with Crippen molar-refractivity contribution in [2.24, 2.45) is 5.92 Å². The summed E-state index contributed by atoms with van der Waals surface area (Å²) in [6.07, 6.45) is 0.932. The summed E-state index contributed by atoms with van der Waals surface area (Å²) < 4.78 is 9.75. The molecule has 0 aliphatic heterocycles. The third-order valence-electron chi connectivity index (χ3n) is 4.10. The summed E-state index contributed by atoms with van der Waals surface area (Å²) in [4.78, 5) is 35.9. The van der Waals surface area contributed by atoms with Crippen LogP contribution in [0.3, 0.4) is 0 Å². The van der Waals surface area contributed by atoms with Crippen LogP contribution in [-0.2, 0) is 20.7 Å². The number of amides is 1. The molecule has 0 aliphatic rings. The average Bonchev–Trinajstić information content (AvgIpc) is 2.67. The van der Waals surface area contributed by atoms with Gasteiger partial charge in [-0.05, 0) is 54.7 Å². The Labute approximate surface area is 164 Å². The van der Waals surface area contributed by atoms with E-state index in [1.54, 1.807) is 31.2 Å². The van der Waals surface area contributed by atoms with Crippen LogP contribution in [0.1, 0.15) is 45.7 Å². The van der Waals surface area contributed by atoms with E-state index in [0.29, 0.717) is 22.7 Å². The Balaban J connectivity index is 1.93. The normalized spacial score (nSPS) is 10.5. The zero-order chi connectivity index (χ0) is 20.7. The molecule has 148 valence electrons. The van der Waals surface area contributed by atoms with Crippen LogP contribution in [0, 0.1) is 12.8 Å². The van der Waals surface area contributed by atoms with Crippen LogP contribution >= 0.6 is 0 Å². The molecule has 0 unspecified atom stereocenters. The van der Waals surface area contributed by atoms with E-state index in [1.807, 2.05) is 12.1 Å². The van der Waals surface area contributed by atoms with Crippen LogP contribution in [0.2, 0.25) is 0 Å². The highest BCUT2D eigenvalue weighted by Gasteiger charge is 2.13. The molecule has 6 heteroatoms. The fourth-order valence-corrected chi connectivity index (χ4v) is 2.65. The Morgan fingerprint density at radius 3 is 2.21 bits per heavy atom. The first-order chi connectivity index (χ1) is 13.3. The number of hydrogen-bond acceptors (Lipinski definition) is 5. The van der Waals surface area contributed by atoms with Crippen molar-refractivity contribution in [3.8, 4) is 0 Å². The lowest BCUT2D eigenvalue weighted by atomic mass is 10.0. The van der Waals surface area contributed by atoms with Crippen molar-refractivity contribution in [2.45, 2.75) is 27.2 Å². The minimum atomic E-state index is -0.564. The predicted octanol–water partition coefficient (Wildman–Crippen LogP) is 3.78. The van der Waals surface area contributed by atoms with Gasteiger partial charge in [-0.3, -0.25) is 4.79 Å². The number of carbonyl (C=O) groups is 3. The molecule has 0 bridgehead atoms. The molecular weight excluding hydrogens is 358 g/mol.